The Labute approximate surface area is 81.6 Å². The molecule has 6 heteroatoms. The van der Waals surface area contributed by atoms with Crippen molar-refractivity contribution in [3.05, 3.63) is 0 Å². The van der Waals surface area contributed by atoms with Crippen molar-refractivity contribution in [2.75, 3.05) is 13.1 Å². The van der Waals surface area contributed by atoms with Gasteiger partial charge in [-0.25, -0.2) is 0 Å². The van der Waals surface area contributed by atoms with E-state index < -0.39 is 12.6 Å². The molecule has 3 N–H and O–H groups in total. The third kappa shape index (κ3) is 9.15. The molecule has 0 aliphatic heterocycles. The van der Waals surface area contributed by atoms with Crippen LogP contribution in [-0.2, 0) is 0 Å². The van der Waals surface area contributed by atoms with Crippen LogP contribution in [0.5, 0.6) is 0 Å². The quantitative estimate of drug-likeness (QED) is 0.547. The molecule has 0 aliphatic rings. The largest absolute Gasteiger partial charge is 0.390 e. The van der Waals surface area contributed by atoms with Gasteiger partial charge >= 0.3 is 6.18 Å². The highest BCUT2D eigenvalue weighted by Gasteiger charge is 2.26. The van der Waals surface area contributed by atoms with Crippen LogP contribution in [-0.4, -0.2) is 25.2 Å². The molecule has 0 heterocycles. The van der Waals surface area contributed by atoms with Crippen LogP contribution in [0.3, 0.4) is 0 Å². The van der Waals surface area contributed by atoms with Crippen LogP contribution < -0.4 is 11.1 Å². The van der Waals surface area contributed by atoms with Crippen molar-refractivity contribution in [3.63, 3.8) is 0 Å². The molecular weight excluding hydrogens is 195 g/mol. The third-order valence-electron chi connectivity index (χ3n) is 1.34. The smallest absolute Gasteiger partial charge is 0.370 e. The first-order valence-electron chi connectivity index (χ1n) is 4.42. The van der Waals surface area contributed by atoms with Crippen molar-refractivity contribution < 1.29 is 13.2 Å². The first-order chi connectivity index (χ1) is 6.31. The van der Waals surface area contributed by atoms with E-state index in [2.05, 4.69) is 10.3 Å². The average Bonchev–Trinajstić information content (AvgIpc) is 1.98. The van der Waals surface area contributed by atoms with Crippen molar-refractivity contribution >= 4 is 5.96 Å². The second-order valence-corrected chi connectivity index (χ2v) is 3.41. The molecule has 0 rings (SSSR count). The Kier molecular flexibility index (Phi) is 5.34. The van der Waals surface area contributed by atoms with E-state index in [1.807, 2.05) is 13.8 Å². The summed E-state index contributed by atoms with van der Waals surface area (Å²) in [6.07, 6.45) is -5.05. The van der Waals surface area contributed by atoms with E-state index in [0.29, 0.717) is 12.5 Å². The van der Waals surface area contributed by atoms with Gasteiger partial charge in [0.2, 0.25) is 0 Å². The number of hydrogen-bond acceptors (Lipinski definition) is 1. The Hall–Kier alpha value is -0.940. The van der Waals surface area contributed by atoms with E-state index in [1.54, 1.807) is 0 Å². The van der Waals surface area contributed by atoms with E-state index in [-0.39, 0.29) is 12.5 Å². The summed E-state index contributed by atoms with van der Waals surface area (Å²) in [4.78, 5) is 3.86. The maximum atomic E-state index is 11.7. The topological polar surface area (TPSA) is 50.4 Å². The van der Waals surface area contributed by atoms with Crippen molar-refractivity contribution in [2.24, 2.45) is 16.6 Å². The molecule has 0 saturated carbocycles. The second kappa shape index (κ2) is 5.72. The number of nitrogens with one attached hydrogen (secondary N) is 1. The average molecular weight is 211 g/mol. The Morgan fingerprint density at radius 1 is 1.43 bits per heavy atom. The maximum absolute atomic E-state index is 11.7. The van der Waals surface area contributed by atoms with E-state index in [1.165, 1.54) is 0 Å². The zero-order valence-electron chi connectivity index (χ0n) is 8.36. The van der Waals surface area contributed by atoms with Crippen LogP contribution in [0.1, 0.15) is 20.3 Å². The standard InChI is InChI=1S/C8H16F3N3/c1-6(2)5-14-7(12)13-4-3-8(9,10)11/h6H,3-5H2,1-2H3,(H3,12,13,14). The number of rotatable bonds is 4. The zero-order valence-corrected chi connectivity index (χ0v) is 8.36. The van der Waals surface area contributed by atoms with Crippen molar-refractivity contribution in [2.45, 2.75) is 26.4 Å². The Balaban J connectivity index is 3.63. The molecule has 0 spiro atoms. The minimum Gasteiger partial charge on any atom is -0.370 e. The number of halogens is 3. The first-order valence-corrected chi connectivity index (χ1v) is 4.42. The zero-order chi connectivity index (χ0) is 11.2. The number of guanidine groups is 1. The lowest BCUT2D eigenvalue weighted by atomic mass is 10.2. The summed E-state index contributed by atoms with van der Waals surface area (Å²) in [7, 11) is 0. The molecule has 0 unspecified atom stereocenters. The van der Waals surface area contributed by atoms with Gasteiger partial charge in [-0.1, -0.05) is 13.8 Å². The van der Waals surface area contributed by atoms with Crippen molar-refractivity contribution in [3.8, 4) is 0 Å². The molecule has 0 radical (unpaired) electrons. The van der Waals surface area contributed by atoms with Crippen LogP contribution in [0.25, 0.3) is 0 Å². The van der Waals surface area contributed by atoms with Crippen molar-refractivity contribution in [1.82, 2.24) is 5.32 Å². The fraction of sp³-hybridized carbons (Fsp3) is 0.875. The summed E-state index contributed by atoms with van der Waals surface area (Å²) in [5.41, 5.74) is 5.32. The van der Waals surface area contributed by atoms with Gasteiger partial charge in [-0.3, -0.25) is 4.99 Å². The second-order valence-electron chi connectivity index (χ2n) is 3.41. The molecule has 0 fully saturated rings. The summed E-state index contributed by atoms with van der Waals surface area (Å²) in [6.45, 7) is 4.20. The number of nitrogens with two attached hydrogens (primary N) is 1. The van der Waals surface area contributed by atoms with Gasteiger partial charge in [0.05, 0.1) is 6.42 Å². The summed E-state index contributed by atoms with van der Waals surface area (Å²) in [5, 5.41) is 2.40. The molecule has 0 aromatic heterocycles. The Bertz CT molecular complexity index is 187. The summed E-state index contributed by atoms with van der Waals surface area (Å²) < 4.78 is 35.1. The molecule has 0 amide bonds. The molecule has 14 heavy (non-hydrogen) atoms. The predicted molar refractivity (Wildman–Crippen MR) is 50.0 cm³/mol. The highest BCUT2D eigenvalue weighted by Crippen LogP contribution is 2.17. The van der Waals surface area contributed by atoms with Gasteiger partial charge in [-0.05, 0) is 5.92 Å². The molecule has 84 valence electrons. The minimum atomic E-state index is -4.15. The van der Waals surface area contributed by atoms with Crippen LogP contribution in [0.15, 0.2) is 4.99 Å². The Morgan fingerprint density at radius 3 is 2.43 bits per heavy atom. The van der Waals surface area contributed by atoms with Gasteiger partial charge in [-0.15, -0.1) is 0 Å². The molecule has 3 nitrogen and oxygen atoms in total. The molecule has 0 bridgehead atoms. The van der Waals surface area contributed by atoms with E-state index in [9.17, 15) is 13.2 Å². The highest BCUT2D eigenvalue weighted by molar-refractivity contribution is 5.77. The van der Waals surface area contributed by atoms with Gasteiger partial charge < -0.3 is 11.1 Å². The molecule has 0 atom stereocenters. The summed E-state index contributed by atoms with van der Waals surface area (Å²) in [5.74, 6) is 0.418. The van der Waals surface area contributed by atoms with Gasteiger partial charge in [0.15, 0.2) is 5.96 Å². The molecule has 0 aromatic carbocycles. The van der Waals surface area contributed by atoms with Crippen LogP contribution >= 0.6 is 0 Å². The van der Waals surface area contributed by atoms with Gasteiger partial charge in [0.1, 0.15) is 0 Å². The SMILES string of the molecule is CC(C)CN=C(N)NCCC(F)(F)F. The fourth-order valence-corrected chi connectivity index (χ4v) is 0.669. The highest BCUT2D eigenvalue weighted by atomic mass is 19.4. The van der Waals surface area contributed by atoms with E-state index >= 15 is 0 Å². The number of aliphatic imine (C=N–C) groups is 1. The van der Waals surface area contributed by atoms with E-state index in [4.69, 9.17) is 5.73 Å². The van der Waals surface area contributed by atoms with Gasteiger partial charge in [0.25, 0.3) is 0 Å². The lowest BCUT2D eigenvalue weighted by molar-refractivity contribution is -0.132. The summed E-state index contributed by atoms with van der Waals surface area (Å²) in [6, 6.07) is 0. The normalized spacial score (nSPS) is 13.4. The first kappa shape index (κ1) is 13.1. The monoisotopic (exact) mass is 211 g/mol. The molecule has 0 aromatic rings. The fourth-order valence-electron chi connectivity index (χ4n) is 0.669. The van der Waals surface area contributed by atoms with Crippen molar-refractivity contribution in [1.29, 1.82) is 0 Å². The molecule has 0 aliphatic carbocycles. The predicted octanol–water partition coefficient (Wildman–Crippen LogP) is 1.50. The number of nitrogens with zero attached hydrogens (tertiary/aromatic N) is 1. The number of hydrogen-bond donors (Lipinski definition) is 2. The molecular formula is C8H16F3N3. The molecule has 0 saturated heterocycles. The van der Waals surface area contributed by atoms with Gasteiger partial charge in [-0.2, -0.15) is 13.2 Å². The lowest BCUT2D eigenvalue weighted by Crippen LogP contribution is -2.34. The third-order valence-corrected chi connectivity index (χ3v) is 1.34. The Morgan fingerprint density at radius 2 is 2.00 bits per heavy atom. The maximum Gasteiger partial charge on any atom is 0.390 e. The lowest BCUT2D eigenvalue weighted by Gasteiger charge is -2.08. The van der Waals surface area contributed by atoms with Crippen LogP contribution in [0, 0.1) is 5.92 Å². The summed E-state index contributed by atoms with van der Waals surface area (Å²) >= 11 is 0. The number of alkyl halides is 3. The van der Waals surface area contributed by atoms with E-state index in [0.717, 1.165) is 0 Å². The minimum absolute atomic E-state index is 0.0722. The van der Waals surface area contributed by atoms with Crippen LogP contribution in [0.2, 0.25) is 0 Å². The van der Waals surface area contributed by atoms with Gasteiger partial charge in [0, 0.05) is 13.1 Å². The van der Waals surface area contributed by atoms with Crippen LogP contribution in [0.4, 0.5) is 13.2 Å².